The van der Waals surface area contributed by atoms with Crippen LogP contribution in [0.2, 0.25) is 5.02 Å². The molecule has 0 bridgehead atoms. The van der Waals surface area contributed by atoms with Crippen molar-refractivity contribution in [2.45, 2.75) is 5.16 Å². The number of nitrogens with zero attached hydrogens (tertiary/aromatic N) is 3. The molecule has 144 valence electrons. The number of aromatic amines is 1. The lowest BCUT2D eigenvalue weighted by Gasteiger charge is -2.00. The van der Waals surface area contributed by atoms with Crippen molar-refractivity contribution in [3.8, 4) is 22.9 Å². The van der Waals surface area contributed by atoms with Crippen LogP contribution in [-0.2, 0) is 11.8 Å². The lowest BCUT2D eigenvalue weighted by Crippen LogP contribution is -2.32. The van der Waals surface area contributed by atoms with Crippen LogP contribution >= 0.6 is 23.4 Å². The third-order valence-electron chi connectivity index (χ3n) is 3.72. The minimum atomic E-state index is -0.327. The molecule has 0 saturated heterocycles. The van der Waals surface area contributed by atoms with Gasteiger partial charge in [-0.1, -0.05) is 17.7 Å². The van der Waals surface area contributed by atoms with Gasteiger partial charge >= 0.3 is 5.16 Å². The molecular weight excluding hydrogens is 402 g/mol. The van der Waals surface area contributed by atoms with E-state index in [1.165, 1.54) is 36.2 Å². The fourth-order valence-electron chi connectivity index (χ4n) is 2.35. The van der Waals surface area contributed by atoms with Gasteiger partial charge in [0, 0.05) is 16.7 Å². The van der Waals surface area contributed by atoms with E-state index in [4.69, 9.17) is 11.6 Å². The number of hydrogen-bond acceptors (Lipinski definition) is 6. The summed E-state index contributed by atoms with van der Waals surface area (Å²) in [4.78, 5) is 12.0. The van der Waals surface area contributed by atoms with Crippen molar-refractivity contribution in [3.63, 3.8) is 0 Å². The molecule has 28 heavy (non-hydrogen) atoms. The van der Waals surface area contributed by atoms with Crippen molar-refractivity contribution >= 4 is 35.5 Å². The molecule has 1 heterocycles. The van der Waals surface area contributed by atoms with E-state index in [1.54, 1.807) is 6.07 Å². The summed E-state index contributed by atoms with van der Waals surface area (Å²) in [5.74, 6) is 0.355. The Morgan fingerprint density at radius 3 is 2.93 bits per heavy atom. The van der Waals surface area contributed by atoms with Gasteiger partial charge in [0.1, 0.15) is 11.5 Å². The number of aromatic nitrogens is 3. The number of carbonyl (C=O) groups excluding carboxylic acids is 1. The maximum absolute atomic E-state index is 12.0. The van der Waals surface area contributed by atoms with Crippen molar-refractivity contribution in [1.82, 2.24) is 15.6 Å². The fraction of sp³-hybridized carbons (Fsp3) is 0.111. The van der Waals surface area contributed by atoms with Crippen molar-refractivity contribution in [2.75, 3.05) is 5.75 Å². The Kier molecular flexibility index (Phi) is 6.17. The van der Waals surface area contributed by atoms with Crippen molar-refractivity contribution in [1.29, 1.82) is 0 Å². The standard InChI is InChI=1S/C18H16ClN5O3S/c1-24-17(11-3-2-4-13(19)7-11)22-23-18(24)28-10-16(27)21-20-9-12-5-6-14(25)8-15(12)26/h2-9H,10H2,1H3,(H3,20,21,25,26,27)/p+1. The monoisotopic (exact) mass is 418 g/mol. The number of thioether (sulfide) groups is 1. The van der Waals surface area contributed by atoms with Crippen molar-refractivity contribution in [3.05, 3.63) is 53.1 Å². The fourth-order valence-corrected chi connectivity index (χ4v) is 3.26. The number of amides is 1. The molecule has 3 aromatic rings. The van der Waals surface area contributed by atoms with E-state index in [1.807, 2.05) is 29.8 Å². The number of aromatic hydroxyl groups is 2. The number of phenolic OH excluding ortho intramolecular Hbond substituents is 2. The quantitative estimate of drug-likeness (QED) is 0.212. The van der Waals surface area contributed by atoms with Crippen LogP contribution in [0.15, 0.2) is 52.7 Å². The highest BCUT2D eigenvalue weighted by molar-refractivity contribution is 7.99. The van der Waals surface area contributed by atoms with Crippen LogP contribution < -0.4 is 9.99 Å². The Morgan fingerprint density at radius 2 is 2.18 bits per heavy atom. The van der Waals surface area contributed by atoms with E-state index < -0.39 is 0 Å². The Bertz CT molecular complexity index is 1040. The largest absolute Gasteiger partial charge is 0.508 e. The van der Waals surface area contributed by atoms with Gasteiger partial charge in [-0.15, -0.1) is 5.10 Å². The van der Waals surface area contributed by atoms with Crippen LogP contribution in [-0.4, -0.2) is 38.3 Å². The molecule has 0 atom stereocenters. The predicted molar refractivity (Wildman–Crippen MR) is 106 cm³/mol. The van der Waals surface area contributed by atoms with Gasteiger partial charge < -0.3 is 10.2 Å². The van der Waals surface area contributed by atoms with Gasteiger partial charge in [-0.3, -0.25) is 4.79 Å². The molecule has 0 fully saturated rings. The normalized spacial score (nSPS) is 11.1. The highest BCUT2D eigenvalue weighted by Crippen LogP contribution is 2.21. The molecular formula is C18H17ClN5O3S+. The molecule has 0 aliphatic carbocycles. The lowest BCUT2D eigenvalue weighted by molar-refractivity contribution is -0.698. The Morgan fingerprint density at radius 1 is 1.36 bits per heavy atom. The summed E-state index contributed by atoms with van der Waals surface area (Å²) in [6, 6.07) is 11.5. The first-order chi connectivity index (χ1) is 13.4. The lowest BCUT2D eigenvalue weighted by atomic mass is 10.2. The molecule has 1 aromatic heterocycles. The van der Waals surface area contributed by atoms with Gasteiger partial charge in [-0.05, 0) is 42.1 Å². The van der Waals surface area contributed by atoms with Gasteiger partial charge in [0.05, 0.1) is 29.7 Å². The average Bonchev–Trinajstić information content (AvgIpc) is 3.02. The first-order valence-corrected chi connectivity index (χ1v) is 9.47. The molecule has 2 aromatic carbocycles. The predicted octanol–water partition coefficient (Wildman–Crippen LogP) is 2.21. The molecule has 0 spiro atoms. The zero-order valence-electron chi connectivity index (χ0n) is 14.8. The third-order valence-corrected chi connectivity index (χ3v) is 4.98. The second-order valence-corrected chi connectivity index (χ2v) is 7.13. The van der Waals surface area contributed by atoms with Crippen molar-refractivity contribution in [2.24, 2.45) is 12.1 Å². The topological polar surface area (TPSA) is 114 Å². The number of halogens is 1. The van der Waals surface area contributed by atoms with Crippen LogP contribution in [0.4, 0.5) is 0 Å². The summed E-state index contributed by atoms with van der Waals surface area (Å²) in [6.45, 7) is 0. The zero-order valence-corrected chi connectivity index (χ0v) is 16.3. The molecule has 0 aliphatic rings. The van der Waals surface area contributed by atoms with Crippen LogP contribution in [0, 0.1) is 0 Å². The molecule has 0 aliphatic heterocycles. The minimum Gasteiger partial charge on any atom is -0.508 e. The van der Waals surface area contributed by atoms with Gasteiger partial charge in [-0.2, -0.15) is 5.10 Å². The summed E-state index contributed by atoms with van der Waals surface area (Å²) >= 11 is 7.27. The Labute approximate surface area is 169 Å². The number of benzene rings is 2. The number of phenols is 2. The second-order valence-electron chi connectivity index (χ2n) is 5.75. The Balaban J connectivity index is 1.57. The summed E-state index contributed by atoms with van der Waals surface area (Å²) in [6.07, 6.45) is 1.29. The SMILES string of the molecule is C[n+]1c(SCC(=O)N/N=C/c2ccc(O)cc2O)n[nH]c1-c1cccc(Cl)c1. The second kappa shape index (κ2) is 8.77. The highest BCUT2D eigenvalue weighted by Gasteiger charge is 2.20. The van der Waals surface area contributed by atoms with Gasteiger partial charge in [0.2, 0.25) is 0 Å². The van der Waals surface area contributed by atoms with Crippen LogP contribution in [0.25, 0.3) is 11.4 Å². The highest BCUT2D eigenvalue weighted by atomic mass is 35.5. The molecule has 1 amide bonds. The smallest absolute Gasteiger partial charge is 0.337 e. The molecule has 8 nitrogen and oxygen atoms in total. The number of carbonyl (C=O) groups is 1. The first-order valence-electron chi connectivity index (χ1n) is 8.11. The van der Waals surface area contributed by atoms with Gasteiger partial charge in [0.15, 0.2) is 0 Å². The number of nitrogens with one attached hydrogen (secondary N) is 2. The van der Waals surface area contributed by atoms with Gasteiger partial charge in [-0.25, -0.2) is 9.99 Å². The third kappa shape index (κ3) is 4.81. The van der Waals surface area contributed by atoms with E-state index in [0.29, 0.717) is 15.7 Å². The molecule has 0 unspecified atom stereocenters. The maximum Gasteiger partial charge on any atom is 0.337 e. The van der Waals surface area contributed by atoms with E-state index in [-0.39, 0.29) is 23.2 Å². The molecule has 10 heteroatoms. The molecule has 0 saturated carbocycles. The van der Waals surface area contributed by atoms with E-state index in [2.05, 4.69) is 20.7 Å². The van der Waals surface area contributed by atoms with E-state index >= 15 is 0 Å². The summed E-state index contributed by atoms with van der Waals surface area (Å²) < 4.78 is 1.83. The summed E-state index contributed by atoms with van der Waals surface area (Å²) in [5.41, 5.74) is 3.64. The minimum absolute atomic E-state index is 0.0564. The number of hydrazone groups is 1. The summed E-state index contributed by atoms with van der Waals surface area (Å²) in [5, 5.41) is 31.1. The van der Waals surface area contributed by atoms with Crippen LogP contribution in [0.5, 0.6) is 11.5 Å². The molecule has 0 radical (unpaired) electrons. The van der Waals surface area contributed by atoms with E-state index in [9.17, 15) is 15.0 Å². The molecule has 4 N–H and O–H groups in total. The van der Waals surface area contributed by atoms with Crippen molar-refractivity contribution < 1.29 is 19.6 Å². The van der Waals surface area contributed by atoms with Crippen LogP contribution in [0.1, 0.15) is 5.56 Å². The van der Waals surface area contributed by atoms with Gasteiger partial charge in [0.25, 0.3) is 11.7 Å². The number of rotatable bonds is 6. The zero-order chi connectivity index (χ0) is 20.1. The Hall–Kier alpha value is -3.04. The van der Waals surface area contributed by atoms with Crippen LogP contribution in [0.3, 0.4) is 0 Å². The average molecular weight is 419 g/mol. The van der Waals surface area contributed by atoms with E-state index in [0.717, 1.165) is 11.4 Å². The number of hydrogen-bond donors (Lipinski definition) is 4. The summed E-state index contributed by atoms with van der Waals surface area (Å²) in [7, 11) is 1.84. The number of H-pyrrole nitrogens is 1. The molecule has 3 rings (SSSR count). The maximum atomic E-state index is 12.0. The first kappa shape index (κ1) is 19.7.